The van der Waals surface area contributed by atoms with Crippen molar-refractivity contribution in [3.8, 4) is 5.69 Å². The Labute approximate surface area is 157 Å². The summed E-state index contributed by atoms with van der Waals surface area (Å²) in [4.78, 5) is 14.6. The van der Waals surface area contributed by atoms with E-state index in [1.54, 1.807) is 35.3 Å². The first-order valence-corrected chi connectivity index (χ1v) is 8.37. The van der Waals surface area contributed by atoms with Gasteiger partial charge in [0.2, 0.25) is 0 Å². The number of nitrogens with zero attached hydrogens (tertiary/aromatic N) is 3. The molecule has 0 spiro atoms. The van der Waals surface area contributed by atoms with Crippen LogP contribution in [0.25, 0.3) is 5.69 Å². The second kappa shape index (κ2) is 8.21. The fraction of sp³-hybridized carbons (Fsp3) is 0.375. The van der Waals surface area contributed by atoms with Crippen molar-refractivity contribution in [3.63, 3.8) is 0 Å². The summed E-state index contributed by atoms with van der Waals surface area (Å²) in [7, 11) is 0. The van der Waals surface area contributed by atoms with Crippen LogP contribution >= 0.6 is 35.6 Å². The van der Waals surface area contributed by atoms with Gasteiger partial charge in [0.15, 0.2) is 0 Å². The number of hydrogen-bond acceptors (Lipinski definition) is 3. The van der Waals surface area contributed by atoms with Crippen LogP contribution < -0.4 is 5.73 Å². The molecule has 1 aromatic heterocycles. The summed E-state index contributed by atoms with van der Waals surface area (Å²) in [5, 5.41) is 5.29. The van der Waals surface area contributed by atoms with Gasteiger partial charge in [-0.25, -0.2) is 4.68 Å². The first-order valence-electron chi connectivity index (χ1n) is 7.61. The van der Waals surface area contributed by atoms with Crippen LogP contribution in [0.2, 0.25) is 10.0 Å². The summed E-state index contributed by atoms with van der Waals surface area (Å²) in [6.07, 6.45) is 6.35. The number of halogens is 3. The van der Waals surface area contributed by atoms with Crippen LogP contribution in [0.15, 0.2) is 30.6 Å². The molecule has 24 heavy (non-hydrogen) atoms. The molecule has 1 atom stereocenters. The normalized spacial score (nSPS) is 17.5. The minimum Gasteiger partial charge on any atom is -0.334 e. The Kier molecular flexibility index (Phi) is 6.52. The van der Waals surface area contributed by atoms with Gasteiger partial charge in [-0.2, -0.15) is 5.10 Å². The Morgan fingerprint density at radius 1 is 1.33 bits per heavy atom. The molecule has 1 aliphatic heterocycles. The SMILES string of the molecule is Cl.NCC1CCCCN1C(=O)c1cnn(-c2ccc(Cl)cc2Cl)c1. The van der Waals surface area contributed by atoms with Crippen LogP contribution in [0.4, 0.5) is 0 Å². The third kappa shape index (κ3) is 3.86. The van der Waals surface area contributed by atoms with E-state index >= 15 is 0 Å². The molecular formula is C16H19Cl3N4O. The van der Waals surface area contributed by atoms with Crippen LogP contribution in [0.3, 0.4) is 0 Å². The molecule has 5 nitrogen and oxygen atoms in total. The van der Waals surface area contributed by atoms with Gasteiger partial charge in [0, 0.05) is 30.4 Å². The van der Waals surface area contributed by atoms with Crippen molar-refractivity contribution < 1.29 is 4.79 Å². The summed E-state index contributed by atoms with van der Waals surface area (Å²) in [6, 6.07) is 5.27. The topological polar surface area (TPSA) is 64.2 Å². The van der Waals surface area contributed by atoms with Crippen molar-refractivity contribution in [1.82, 2.24) is 14.7 Å². The summed E-state index contributed by atoms with van der Waals surface area (Å²) < 4.78 is 1.59. The molecule has 2 heterocycles. The molecule has 1 saturated heterocycles. The molecule has 2 N–H and O–H groups in total. The van der Waals surface area contributed by atoms with E-state index in [0.29, 0.717) is 27.8 Å². The highest BCUT2D eigenvalue weighted by molar-refractivity contribution is 6.35. The zero-order valence-corrected chi connectivity index (χ0v) is 15.3. The van der Waals surface area contributed by atoms with Crippen molar-refractivity contribution in [2.24, 2.45) is 5.73 Å². The zero-order chi connectivity index (χ0) is 16.4. The average Bonchev–Trinajstić information content (AvgIpc) is 3.03. The van der Waals surface area contributed by atoms with Gasteiger partial charge in [-0.1, -0.05) is 23.2 Å². The molecule has 1 amide bonds. The fourth-order valence-corrected chi connectivity index (χ4v) is 3.41. The van der Waals surface area contributed by atoms with E-state index in [2.05, 4.69) is 5.10 Å². The predicted octanol–water partition coefficient (Wildman–Crippen LogP) is 3.55. The van der Waals surface area contributed by atoms with Gasteiger partial charge in [-0.05, 0) is 37.5 Å². The molecule has 1 fully saturated rings. The maximum Gasteiger partial charge on any atom is 0.257 e. The predicted molar refractivity (Wildman–Crippen MR) is 98.6 cm³/mol. The molecular weight excluding hydrogens is 371 g/mol. The number of amides is 1. The van der Waals surface area contributed by atoms with Gasteiger partial charge in [0.25, 0.3) is 5.91 Å². The summed E-state index contributed by atoms with van der Waals surface area (Å²) in [6.45, 7) is 1.23. The maximum absolute atomic E-state index is 12.7. The monoisotopic (exact) mass is 388 g/mol. The van der Waals surface area contributed by atoms with Crippen LogP contribution in [0.1, 0.15) is 29.6 Å². The third-order valence-electron chi connectivity index (χ3n) is 4.15. The van der Waals surface area contributed by atoms with E-state index in [4.69, 9.17) is 28.9 Å². The number of carbonyl (C=O) groups is 1. The zero-order valence-electron chi connectivity index (χ0n) is 13.0. The van der Waals surface area contributed by atoms with E-state index in [-0.39, 0.29) is 24.4 Å². The number of benzene rings is 1. The number of piperidine rings is 1. The van der Waals surface area contributed by atoms with E-state index in [1.165, 1.54) is 0 Å². The van der Waals surface area contributed by atoms with Gasteiger partial charge in [-0.3, -0.25) is 4.79 Å². The molecule has 8 heteroatoms. The number of rotatable bonds is 3. The lowest BCUT2D eigenvalue weighted by atomic mass is 10.0. The van der Waals surface area contributed by atoms with Crippen molar-refractivity contribution in [2.45, 2.75) is 25.3 Å². The number of carbonyl (C=O) groups excluding carboxylic acids is 1. The second-order valence-corrected chi connectivity index (χ2v) is 6.50. The van der Waals surface area contributed by atoms with E-state index in [1.807, 2.05) is 4.90 Å². The highest BCUT2D eigenvalue weighted by atomic mass is 35.5. The number of hydrogen-bond donors (Lipinski definition) is 1. The standard InChI is InChI=1S/C16H18Cl2N4O.ClH/c17-12-4-5-15(14(18)7-12)22-10-11(9-20-22)16(23)21-6-2-1-3-13(21)8-19;/h4-5,7,9-10,13H,1-3,6,8,19H2;1H. The molecule has 130 valence electrons. The van der Waals surface area contributed by atoms with Crippen molar-refractivity contribution in [2.75, 3.05) is 13.1 Å². The third-order valence-corrected chi connectivity index (χ3v) is 4.68. The molecule has 0 aliphatic carbocycles. The molecule has 0 bridgehead atoms. The Morgan fingerprint density at radius 3 is 2.83 bits per heavy atom. The Morgan fingerprint density at radius 2 is 2.12 bits per heavy atom. The van der Waals surface area contributed by atoms with E-state index in [9.17, 15) is 4.79 Å². The highest BCUT2D eigenvalue weighted by Crippen LogP contribution is 2.25. The van der Waals surface area contributed by atoms with Gasteiger partial charge in [-0.15, -0.1) is 12.4 Å². The van der Waals surface area contributed by atoms with E-state index < -0.39 is 0 Å². The number of nitrogens with two attached hydrogens (primary N) is 1. The summed E-state index contributed by atoms with van der Waals surface area (Å²) in [5.41, 5.74) is 7.02. The van der Waals surface area contributed by atoms with Crippen molar-refractivity contribution in [1.29, 1.82) is 0 Å². The summed E-state index contributed by atoms with van der Waals surface area (Å²) >= 11 is 12.1. The smallest absolute Gasteiger partial charge is 0.257 e. The molecule has 1 unspecified atom stereocenters. The lowest BCUT2D eigenvalue weighted by molar-refractivity contribution is 0.0623. The van der Waals surface area contributed by atoms with Gasteiger partial charge in [0.1, 0.15) is 0 Å². The van der Waals surface area contributed by atoms with Crippen molar-refractivity contribution in [3.05, 3.63) is 46.2 Å². The number of likely N-dealkylation sites (tertiary alicyclic amines) is 1. The summed E-state index contributed by atoms with van der Waals surface area (Å²) in [5.74, 6) is -0.0310. The van der Waals surface area contributed by atoms with Crippen molar-refractivity contribution >= 4 is 41.5 Å². The Balaban J connectivity index is 0.00000208. The molecule has 0 saturated carbocycles. The quantitative estimate of drug-likeness (QED) is 0.873. The van der Waals surface area contributed by atoms with E-state index in [0.717, 1.165) is 25.8 Å². The highest BCUT2D eigenvalue weighted by Gasteiger charge is 2.27. The van der Waals surface area contributed by atoms with Crippen LogP contribution in [0.5, 0.6) is 0 Å². The van der Waals surface area contributed by atoms with Crippen LogP contribution in [-0.4, -0.2) is 39.7 Å². The minimum atomic E-state index is -0.0310. The van der Waals surface area contributed by atoms with Crippen LogP contribution in [0, 0.1) is 0 Å². The molecule has 1 aromatic carbocycles. The Hall–Kier alpha value is -1.27. The fourth-order valence-electron chi connectivity index (χ4n) is 2.91. The first kappa shape index (κ1) is 19.1. The Bertz CT molecular complexity index is 719. The molecule has 2 aromatic rings. The maximum atomic E-state index is 12.7. The van der Waals surface area contributed by atoms with Crippen LogP contribution in [-0.2, 0) is 0 Å². The van der Waals surface area contributed by atoms with Gasteiger partial charge < -0.3 is 10.6 Å². The molecule has 3 rings (SSSR count). The van der Waals surface area contributed by atoms with Gasteiger partial charge in [0.05, 0.1) is 22.5 Å². The second-order valence-electron chi connectivity index (χ2n) is 5.65. The van der Waals surface area contributed by atoms with Gasteiger partial charge >= 0.3 is 0 Å². The average molecular weight is 390 g/mol. The molecule has 0 radical (unpaired) electrons. The first-order chi connectivity index (χ1) is 11.1. The minimum absolute atomic E-state index is 0. The molecule has 1 aliphatic rings. The number of aromatic nitrogens is 2. The largest absolute Gasteiger partial charge is 0.334 e. The lowest BCUT2D eigenvalue weighted by Crippen LogP contribution is -2.47. The lowest BCUT2D eigenvalue weighted by Gasteiger charge is -2.34.